The summed E-state index contributed by atoms with van der Waals surface area (Å²) in [6.07, 6.45) is 1.78. The maximum Gasteiger partial charge on any atom is 0.281 e. The topological polar surface area (TPSA) is 40.6 Å². The van der Waals surface area contributed by atoms with Crippen LogP contribution in [-0.4, -0.2) is 49.6 Å². The van der Waals surface area contributed by atoms with Crippen molar-refractivity contribution in [3.05, 3.63) is 0 Å². The summed E-state index contributed by atoms with van der Waals surface area (Å²) in [4.78, 5) is 0. The molecule has 0 bridgehead atoms. The van der Waals surface area contributed by atoms with Crippen molar-refractivity contribution in [1.29, 1.82) is 0 Å². The molecule has 1 rings (SSSR count). The third-order valence-corrected chi connectivity index (χ3v) is 4.61. The Hall–Kier alpha value is 0.160. The zero-order valence-corrected chi connectivity index (χ0v) is 9.48. The van der Waals surface area contributed by atoms with Gasteiger partial charge in [-0.1, -0.05) is 0 Å². The van der Waals surface area contributed by atoms with E-state index in [0.29, 0.717) is 12.4 Å². The van der Waals surface area contributed by atoms with Crippen molar-refractivity contribution in [1.82, 2.24) is 8.61 Å². The van der Waals surface area contributed by atoms with Gasteiger partial charge >= 0.3 is 0 Å². The molecule has 1 heterocycles. The lowest BCUT2D eigenvalue weighted by Crippen LogP contribution is -2.43. The highest BCUT2D eigenvalue weighted by atomic mass is 35.5. The molecule has 0 aromatic carbocycles. The predicted octanol–water partition coefficient (Wildman–Crippen LogP) is 0.496. The largest absolute Gasteiger partial charge is 0.281 e. The maximum atomic E-state index is 11.7. The van der Waals surface area contributed by atoms with Crippen LogP contribution in [0.15, 0.2) is 0 Å². The van der Waals surface area contributed by atoms with Gasteiger partial charge in [0.15, 0.2) is 0 Å². The van der Waals surface area contributed by atoms with Crippen LogP contribution in [0.25, 0.3) is 0 Å². The first kappa shape index (κ1) is 11.2. The zero-order valence-electron chi connectivity index (χ0n) is 7.90. The summed E-state index contributed by atoms with van der Waals surface area (Å²) in [5, 5.41) is 0. The maximum absolute atomic E-state index is 11.7. The van der Waals surface area contributed by atoms with Gasteiger partial charge in [0.05, 0.1) is 0 Å². The van der Waals surface area contributed by atoms with E-state index in [0.717, 1.165) is 12.8 Å². The molecule has 13 heavy (non-hydrogen) atoms. The van der Waals surface area contributed by atoms with Gasteiger partial charge in [-0.15, -0.1) is 11.6 Å². The van der Waals surface area contributed by atoms with Gasteiger partial charge in [-0.25, -0.2) is 0 Å². The number of hydrogen-bond donors (Lipinski definition) is 0. The van der Waals surface area contributed by atoms with Crippen LogP contribution in [0, 0.1) is 0 Å². The van der Waals surface area contributed by atoms with Crippen LogP contribution in [-0.2, 0) is 10.2 Å². The molecule has 0 aliphatic carbocycles. The van der Waals surface area contributed by atoms with E-state index in [9.17, 15) is 8.42 Å². The molecule has 1 fully saturated rings. The Bertz CT molecular complexity index is 266. The Morgan fingerprint density at radius 2 is 2.15 bits per heavy atom. The Balaban J connectivity index is 2.82. The number of halogens is 1. The fraction of sp³-hybridized carbons (Fsp3) is 1.00. The summed E-state index contributed by atoms with van der Waals surface area (Å²) < 4.78 is 26.1. The summed E-state index contributed by atoms with van der Waals surface area (Å²) in [6, 6.07) is -0.0194. The average molecular weight is 227 g/mol. The Labute approximate surface area is 84.6 Å². The average Bonchev–Trinajstić information content (AvgIpc) is 2.51. The second-order valence-electron chi connectivity index (χ2n) is 3.35. The van der Waals surface area contributed by atoms with Gasteiger partial charge < -0.3 is 0 Å². The Kier molecular flexibility index (Phi) is 3.57. The molecule has 0 aromatic heterocycles. The molecule has 0 N–H and O–H groups in total. The standard InChI is InChI=1S/C7H15ClN2O2S/c1-9(2)13(11,12)10-5-3-4-7(10)6-8/h7H,3-6H2,1-2H3/t7-/m1/s1. The van der Waals surface area contributed by atoms with E-state index in [2.05, 4.69) is 0 Å². The third kappa shape index (κ3) is 2.15. The molecule has 0 radical (unpaired) electrons. The smallest absolute Gasteiger partial charge is 0.195 e. The first-order valence-electron chi connectivity index (χ1n) is 4.25. The van der Waals surface area contributed by atoms with Gasteiger partial charge in [0.1, 0.15) is 0 Å². The van der Waals surface area contributed by atoms with Crippen LogP contribution in [0.3, 0.4) is 0 Å². The van der Waals surface area contributed by atoms with Gasteiger partial charge in [-0.3, -0.25) is 0 Å². The van der Waals surface area contributed by atoms with E-state index < -0.39 is 10.2 Å². The molecule has 6 heteroatoms. The molecule has 0 amide bonds. The van der Waals surface area contributed by atoms with Crippen LogP contribution in [0.5, 0.6) is 0 Å². The minimum absolute atomic E-state index is 0.0194. The molecule has 1 aliphatic heterocycles. The third-order valence-electron chi connectivity index (χ3n) is 2.26. The highest BCUT2D eigenvalue weighted by Gasteiger charge is 2.34. The first-order valence-corrected chi connectivity index (χ1v) is 6.18. The number of hydrogen-bond acceptors (Lipinski definition) is 2. The van der Waals surface area contributed by atoms with Crippen LogP contribution < -0.4 is 0 Å². The van der Waals surface area contributed by atoms with Gasteiger partial charge in [0.2, 0.25) is 0 Å². The molecule has 4 nitrogen and oxygen atoms in total. The van der Waals surface area contributed by atoms with Crippen LogP contribution in [0.4, 0.5) is 0 Å². The van der Waals surface area contributed by atoms with E-state index in [-0.39, 0.29) is 6.04 Å². The Morgan fingerprint density at radius 1 is 1.54 bits per heavy atom. The van der Waals surface area contributed by atoms with E-state index >= 15 is 0 Å². The summed E-state index contributed by atoms with van der Waals surface area (Å²) in [5.74, 6) is 0.382. The zero-order chi connectivity index (χ0) is 10.1. The highest BCUT2D eigenvalue weighted by Crippen LogP contribution is 2.22. The summed E-state index contributed by atoms with van der Waals surface area (Å²) in [5.41, 5.74) is 0. The van der Waals surface area contributed by atoms with Crippen LogP contribution in [0.1, 0.15) is 12.8 Å². The lowest BCUT2D eigenvalue weighted by atomic mass is 10.3. The second-order valence-corrected chi connectivity index (χ2v) is 5.75. The van der Waals surface area contributed by atoms with Crippen LogP contribution in [0.2, 0.25) is 0 Å². The summed E-state index contributed by atoms with van der Waals surface area (Å²) >= 11 is 5.69. The van der Waals surface area contributed by atoms with Crippen molar-refractivity contribution in [3.63, 3.8) is 0 Å². The predicted molar refractivity (Wildman–Crippen MR) is 53.1 cm³/mol. The molecule has 0 saturated carbocycles. The van der Waals surface area contributed by atoms with Gasteiger partial charge in [-0.05, 0) is 12.8 Å². The van der Waals surface area contributed by atoms with E-state index in [1.54, 1.807) is 14.1 Å². The normalized spacial score (nSPS) is 25.7. The van der Waals surface area contributed by atoms with Crippen molar-refractivity contribution in [2.45, 2.75) is 18.9 Å². The minimum Gasteiger partial charge on any atom is -0.195 e. The molecule has 0 unspecified atom stereocenters. The fourth-order valence-corrected chi connectivity index (χ4v) is 3.22. The van der Waals surface area contributed by atoms with Crippen molar-refractivity contribution in [2.75, 3.05) is 26.5 Å². The van der Waals surface area contributed by atoms with Gasteiger partial charge in [0.25, 0.3) is 10.2 Å². The van der Waals surface area contributed by atoms with E-state index in [4.69, 9.17) is 11.6 Å². The molecule has 0 aromatic rings. The van der Waals surface area contributed by atoms with Crippen molar-refractivity contribution < 1.29 is 8.42 Å². The molecular formula is C7H15ClN2O2S. The number of nitrogens with zero attached hydrogens (tertiary/aromatic N) is 2. The lowest BCUT2D eigenvalue weighted by molar-refractivity contribution is 0.374. The van der Waals surface area contributed by atoms with Crippen molar-refractivity contribution in [2.24, 2.45) is 0 Å². The van der Waals surface area contributed by atoms with E-state index in [1.165, 1.54) is 8.61 Å². The van der Waals surface area contributed by atoms with Gasteiger partial charge in [-0.2, -0.15) is 17.0 Å². The monoisotopic (exact) mass is 226 g/mol. The molecular weight excluding hydrogens is 212 g/mol. The molecule has 78 valence electrons. The van der Waals surface area contributed by atoms with Crippen LogP contribution >= 0.6 is 11.6 Å². The summed E-state index contributed by atoms with van der Waals surface area (Å²) in [6.45, 7) is 0.595. The van der Waals surface area contributed by atoms with E-state index in [1.807, 2.05) is 0 Å². The van der Waals surface area contributed by atoms with Gasteiger partial charge in [0, 0.05) is 32.6 Å². The van der Waals surface area contributed by atoms with Crippen molar-refractivity contribution >= 4 is 21.8 Å². The molecule has 0 spiro atoms. The van der Waals surface area contributed by atoms with Crippen molar-refractivity contribution in [3.8, 4) is 0 Å². The summed E-state index contributed by atoms with van der Waals surface area (Å²) in [7, 11) is -0.174. The lowest BCUT2D eigenvalue weighted by Gasteiger charge is -2.25. The minimum atomic E-state index is -3.26. The highest BCUT2D eigenvalue weighted by molar-refractivity contribution is 7.86. The SMILES string of the molecule is CN(C)S(=O)(=O)N1CCC[C@@H]1CCl. The molecule has 1 saturated heterocycles. The second kappa shape index (κ2) is 4.13. The number of rotatable bonds is 3. The Morgan fingerprint density at radius 3 is 2.62 bits per heavy atom. The fourth-order valence-electron chi connectivity index (χ4n) is 1.48. The molecule has 1 aliphatic rings. The quantitative estimate of drug-likeness (QED) is 0.658. The first-order chi connectivity index (χ1) is 6.00. The number of alkyl halides is 1. The molecule has 1 atom stereocenters.